The van der Waals surface area contributed by atoms with Crippen LogP contribution in [0.4, 0.5) is 0 Å². The number of benzene rings is 2. The Morgan fingerprint density at radius 2 is 1.42 bits per heavy atom. The van der Waals surface area contributed by atoms with Gasteiger partial charge in [0.05, 0.1) is 5.16 Å². The largest absolute Gasteiger partial charge is 0.335 e. The molecular weight excluding hydrogens is 259 g/mol. The second-order valence-electron chi connectivity index (χ2n) is 5.01. The molecule has 0 aromatic heterocycles. The van der Waals surface area contributed by atoms with E-state index < -0.39 is 12.8 Å². The summed E-state index contributed by atoms with van der Waals surface area (Å²) in [4.78, 5) is 19.2. The predicted octanol–water partition coefficient (Wildman–Crippen LogP) is 3.77. The highest BCUT2D eigenvalue weighted by Gasteiger charge is 2.40. The molecule has 0 heterocycles. The van der Waals surface area contributed by atoms with Gasteiger partial charge in [0.25, 0.3) is 0 Å². The van der Waals surface area contributed by atoms with Crippen LogP contribution in [0.1, 0.15) is 19.4 Å². The van der Waals surface area contributed by atoms with Crippen molar-refractivity contribution >= 4 is 7.60 Å². The van der Waals surface area contributed by atoms with Crippen LogP contribution in [0.15, 0.2) is 54.6 Å². The van der Waals surface area contributed by atoms with Crippen LogP contribution in [0.25, 0.3) is 11.1 Å². The molecule has 0 atom stereocenters. The minimum Gasteiger partial charge on any atom is -0.324 e. The van der Waals surface area contributed by atoms with Gasteiger partial charge in [-0.1, -0.05) is 54.6 Å². The first kappa shape index (κ1) is 14.0. The Morgan fingerprint density at radius 1 is 0.895 bits per heavy atom. The summed E-state index contributed by atoms with van der Waals surface area (Å²) in [5, 5.41) is -1.21. The van der Waals surface area contributed by atoms with Crippen molar-refractivity contribution in [1.82, 2.24) is 0 Å². The molecule has 0 bridgehead atoms. The lowest BCUT2D eigenvalue weighted by molar-refractivity contribution is 0.338. The molecule has 0 fully saturated rings. The van der Waals surface area contributed by atoms with Gasteiger partial charge in [-0.05, 0) is 30.5 Å². The van der Waals surface area contributed by atoms with E-state index in [4.69, 9.17) is 0 Å². The van der Waals surface area contributed by atoms with Crippen molar-refractivity contribution in [3.63, 3.8) is 0 Å². The summed E-state index contributed by atoms with van der Waals surface area (Å²) in [6, 6.07) is 17.0. The molecule has 2 aromatic rings. The van der Waals surface area contributed by atoms with Crippen molar-refractivity contribution in [2.75, 3.05) is 0 Å². The molecule has 100 valence electrons. The van der Waals surface area contributed by atoms with Crippen LogP contribution in [0.2, 0.25) is 0 Å². The molecule has 0 radical (unpaired) electrons. The Hall–Kier alpha value is -1.41. The lowest BCUT2D eigenvalue weighted by Gasteiger charge is -2.28. The molecule has 0 aliphatic rings. The van der Waals surface area contributed by atoms with Crippen LogP contribution in [0.5, 0.6) is 0 Å². The molecule has 19 heavy (non-hydrogen) atoms. The highest BCUT2D eigenvalue weighted by atomic mass is 31.2. The monoisotopic (exact) mass is 276 g/mol. The van der Waals surface area contributed by atoms with Gasteiger partial charge in [0, 0.05) is 0 Å². The Morgan fingerprint density at radius 3 is 2.00 bits per heavy atom. The second-order valence-corrected chi connectivity index (χ2v) is 7.22. The first-order valence-corrected chi connectivity index (χ1v) is 7.66. The van der Waals surface area contributed by atoms with Crippen molar-refractivity contribution in [1.29, 1.82) is 0 Å². The molecule has 0 aliphatic heterocycles. The molecule has 2 rings (SSSR count). The maximum Gasteiger partial charge on any atom is 0.335 e. The molecule has 2 N–H and O–H groups in total. The van der Waals surface area contributed by atoms with E-state index in [9.17, 15) is 14.4 Å². The third-order valence-corrected chi connectivity index (χ3v) is 5.10. The summed E-state index contributed by atoms with van der Waals surface area (Å²) < 4.78 is 11.7. The van der Waals surface area contributed by atoms with Gasteiger partial charge in [-0.3, -0.25) is 4.57 Å². The highest BCUT2D eigenvalue weighted by molar-refractivity contribution is 7.53. The molecule has 0 unspecified atom stereocenters. The van der Waals surface area contributed by atoms with Crippen LogP contribution in [-0.4, -0.2) is 9.79 Å². The van der Waals surface area contributed by atoms with Gasteiger partial charge in [0.1, 0.15) is 0 Å². The molecule has 0 saturated heterocycles. The fourth-order valence-corrected chi connectivity index (χ4v) is 2.55. The van der Waals surface area contributed by atoms with E-state index in [2.05, 4.69) is 0 Å². The van der Waals surface area contributed by atoms with Crippen molar-refractivity contribution in [3.8, 4) is 11.1 Å². The Bertz CT molecular complexity index is 614. The number of rotatable bonds is 3. The summed E-state index contributed by atoms with van der Waals surface area (Å²) in [5.41, 5.74) is 2.48. The first-order valence-electron chi connectivity index (χ1n) is 6.04. The van der Waals surface area contributed by atoms with Crippen molar-refractivity contribution in [3.05, 3.63) is 60.2 Å². The third-order valence-electron chi connectivity index (χ3n) is 3.40. The smallest absolute Gasteiger partial charge is 0.324 e. The zero-order valence-corrected chi connectivity index (χ0v) is 11.8. The molecule has 0 amide bonds. The van der Waals surface area contributed by atoms with Crippen LogP contribution in [0.3, 0.4) is 0 Å². The van der Waals surface area contributed by atoms with Gasteiger partial charge >= 0.3 is 7.60 Å². The van der Waals surface area contributed by atoms with Gasteiger partial charge in [0.2, 0.25) is 0 Å². The lowest BCUT2D eigenvalue weighted by atomic mass is 9.92. The van der Waals surface area contributed by atoms with Crippen LogP contribution in [-0.2, 0) is 9.72 Å². The van der Waals surface area contributed by atoms with Crippen LogP contribution >= 0.6 is 7.60 Å². The maximum absolute atomic E-state index is 11.7. The maximum atomic E-state index is 11.7. The third kappa shape index (κ3) is 2.64. The quantitative estimate of drug-likeness (QED) is 0.839. The van der Waals surface area contributed by atoms with E-state index in [1.54, 1.807) is 26.0 Å². The van der Waals surface area contributed by atoms with Crippen molar-refractivity contribution in [2.24, 2.45) is 0 Å². The van der Waals surface area contributed by atoms with Crippen LogP contribution in [0, 0.1) is 0 Å². The standard InChI is InChI=1S/C15H17O3P/c1-15(2,19(16,17)18)14-11-7-6-10-13(14)12-8-4-3-5-9-12/h3-11H,1-2H3,(H2,16,17,18). The second kappa shape index (κ2) is 4.93. The van der Waals surface area contributed by atoms with Gasteiger partial charge in [-0.2, -0.15) is 0 Å². The molecular formula is C15H17O3P. The Labute approximate surface area is 113 Å². The van der Waals surface area contributed by atoms with E-state index in [1.807, 2.05) is 42.5 Å². The summed E-state index contributed by atoms with van der Waals surface area (Å²) in [6.07, 6.45) is 0. The molecule has 4 heteroatoms. The van der Waals surface area contributed by atoms with Gasteiger partial charge < -0.3 is 9.79 Å². The average Bonchev–Trinajstić information content (AvgIpc) is 2.38. The summed E-state index contributed by atoms with van der Waals surface area (Å²) in [6.45, 7) is 3.16. The van der Waals surface area contributed by atoms with E-state index in [0.29, 0.717) is 5.56 Å². The minimum absolute atomic E-state index is 0.662. The number of hydrogen-bond donors (Lipinski definition) is 2. The van der Waals surface area contributed by atoms with Crippen molar-refractivity contribution in [2.45, 2.75) is 19.0 Å². The van der Waals surface area contributed by atoms with E-state index in [0.717, 1.165) is 11.1 Å². The lowest BCUT2D eigenvalue weighted by Crippen LogP contribution is -2.18. The average molecular weight is 276 g/mol. The SMILES string of the molecule is CC(C)(c1ccccc1-c1ccccc1)P(=O)(O)O. The molecule has 0 spiro atoms. The zero-order valence-electron chi connectivity index (χ0n) is 10.9. The summed E-state index contributed by atoms with van der Waals surface area (Å²) in [7, 11) is -4.24. The van der Waals surface area contributed by atoms with Gasteiger partial charge in [0.15, 0.2) is 0 Å². The van der Waals surface area contributed by atoms with Crippen LogP contribution < -0.4 is 0 Å². The molecule has 0 aliphatic carbocycles. The van der Waals surface area contributed by atoms with Gasteiger partial charge in [-0.15, -0.1) is 0 Å². The Kier molecular flexibility index (Phi) is 3.64. The first-order chi connectivity index (χ1) is 8.84. The molecule has 3 nitrogen and oxygen atoms in total. The fraction of sp³-hybridized carbons (Fsp3) is 0.200. The van der Waals surface area contributed by atoms with Gasteiger partial charge in [-0.25, -0.2) is 0 Å². The number of hydrogen-bond acceptors (Lipinski definition) is 1. The van der Waals surface area contributed by atoms with E-state index in [1.165, 1.54) is 0 Å². The summed E-state index contributed by atoms with van der Waals surface area (Å²) in [5.74, 6) is 0. The Balaban J connectivity index is 2.64. The van der Waals surface area contributed by atoms with E-state index >= 15 is 0 Å². The summed E-state index contributed by atoms with van der Waals surface area (Å²) >= 11 is 0. The zero-order chi connectivity index (χ0) is 14.1. The predicted molar refractivity (Wildman–Crippen MR) is 76.9 cm³/mol. The highest BCUT2D eigenvalue weighted by Crippen LogP contribution is 2.58. The molecule has 0 saturated carbocycles. The minimum atomic E-state index is -4.24. The van der Waals surface area contributed by atoms with Crippen molar-refractivity contribution < 1.29 is 14.4 Å². The van der Waals surface area contributed by atoms with E-state index in [-0.39, 0.29) is 0 Å². The fourth-order valence-electron chi connectivity index (χ4n) is 2.04. The molecule has 2 aromatic carbocycles. The topological polar surface area (TPSA) is 57.5 Å². The normalized spacial score (nSPS) is 12.4.